The molecule has 1 aromatic carbocycles. The van der Waals surface area contributed by atoms with Crippen molar-refractivity contribution in [2.24, 2.45) is 0 Å². The topological polar surface area (TPSA) is 73.4 Å². The van der Waals surface area contributed by atoms with Gasteiger partial charge in [-0.25, -0.2) is 4.98 Å². The Hall–Kier alpha value is -2.97. The molecule has 0 radical (unpaired) electrons. The van der Waals surface area contributed by atoms with Crippen LogP contribution in [0.25, 0.3) is 10.2 Å². The number of piperazine rings is 1. The molecule has 29 heavy (non-hydrogen) atoms. The second-order valence-electron chi connectivity index (χ2n) is 7.15. The van der Waals surface area contributed by atoms with Crippen LogP contribution in [0.5, 0.6) is 0 Å². The van der Waals surface area contributed by atoms with Crippen LogP contribution in [0.4, 0.5) is 23.1 Å². The average Bonchev–Trinajstić information content (AvgIpc) is 3.10. The molecular formula is C21H24N6OS. The van der Waals surface area contributed by atoms with E-state index in [0.29, 0.717) is 11.8 Å². The first-order valence-electron chi connectivity index (χ1n) is 9.53. The minimum Gasteiger partial charge on any atom is -0.369 e. The standard InChI is InChI=1S/C21H24N6OS/c1-4-17(28)23-19-18-14(2)13-29-20(18)25-21(24-19)22-15-5-7-16(8-6-15)27-11-9-26(3)10-12-27/h4-8,13H,1,9-12H2,2-3H3,(H2,22,23,24,25,28). The number of hydrogen-bond acceptors (Lipinski definition) is 7. The quantitative estimate of drug-likeness (QED) is 0.628. The summed E-state index contributed by atoms with van der Waals surface area (Å²) < 4.78 is 0. The number of nitrogens with zero attached hydrogens (tertiary/aromatic N) is 4. The van der Waals surface area contributed by atoms with Crippen LogP contribution in [0, 0.1) is 6.92 Å². The van der Waals surface area contributed by atoms with E-state index in [4.69, 9.17) is 0 Å². The van der Waals surface area contributed by atoms with Crippen molar-refractivity contribution in [2.75, 3.05) is 48.8 Å². The lowest BCUT2D eigenvalue weighted by Gasteiger charge is -2.34. The molecule has 0 bridgehead atoms. The fraction of sp³-hybridized carbons (Fsp3) is 0.286. The fourth-order valence-electron chi connectivity index (χ4n) is 3.35. The summed E-state index contributed by atoms with van der Waals surface area (Å²) in [6.45, 7) is 9.72. The minimum atomic E-state index is -0.293. The van der Waals surface area contributed by atoms with Crippen molar-refractivity contribution in [1.82, 2.24) is 14.9 Å². The molecule has 3 aromatic rings. The number of anilines is 4. The molecule has 8 heteroatoms. The molecule has 1 aliphatic rings. The zero-order valence-corrected chi connectivity index (χ0v) is 17.4. The number of aryl methyl sites for hydroxylation is 1. The molecule has 150 valence electrons. The summed E-state index contributed by atoms with van der Waals surface area (Å²) in [5, 5.41) is 8.92. The molecule has 1 aliphatic heterocycles. The van der Waals surface area contributed by atoms with Crippen LogP contribution in [0.15, 0.2) is 42.3 Å². The Bertz CT molecular complexity index is 1040. The summed E-state index contributed by atoms with van der Waals surface area (Å²) in [5.41, 5.74) is 3.15. The zero-order chi connectivity index (χ0) is 20.4. The highest BCUT2D eigenvalue weighted by Crippen LogP contribution is 2.31. The Morgan fingerprint density at radius 2 is 1.90 bits per heavy atom. The number of carbonyl (C=O) groups is 1. The van der Waals surface area contributed by atoms with Crippen LogP contribution in [-0.2, 0) is 4.79 Å². The van der Waals surface area contributed by atoms with Gasteiger partial charge in [0.25, 0.3) is 0 Å². The highest BCUT2D eigenvalue weighted by molar-refractivity contribution is 7.17. The van der Waals surface area contributed by atoms with E-state index >= 15 is 0 Å². The van der Waals surface area contributed by atoms with Crippen molar-refractivity contribution in [2.45, 2.75) is 6.92 Å². The number of fused-ring (bicyclic) bond motifs is 1. The van der Waals surface area contributed by atoms with Crippen molar-refractivity contribution < 1.29 is 4.79 Å². The third-order valence-corrected chi connectivity index (χ3v) is 6.03. The van der Waals surface area contributed by atoms with E-state index in [1.165, 1.54) is 23.1 Å². The number of rotatable bonds is 5. The van der Waals surface area contributed by atoms with E-state index in [-0.39, 0.29) is 5.91 Å². The van der Waals surface area contributed by atoms with Gasteiger partial charge in [-0.05, 0) is 55.3 Å². The summed E-state index contributed by atoms with van der Waals surface area (Å²) in [6.07, 6.45) is 1.24. The van der Waals surface area contributed by atoms with Gasteiger partial charge in [0, 0.05) is 37.6 Å². The van der Waals surface area contributed by atoms with Gasteiger partial charge in [-0.3, -0.25) is 4.79 Å². The van der Waals surface area contributed by atoms with E-state index in [2.05, 4.69) is 56.2 Å². The van der Waals surface area contributed by atoms with Crippen molar-refractivity contribution in [3.05, 3.63) is 47.9 Å². The summed E-state index contributed by atoms with van der Waals surface area (Å²) in [7, 11) is 2.15. The lowest BCUT2D eigenvalue weighted by Crippen LogP contribution is -2.44. The van der Waals surface area contributed by atoms with Gasteiger partial charge in [-0.1, -0.05) is 6.58 Å². The first kappa shape index (κ1) is 19.4. The van der Waals surface area contributed by atoms with E-state index in [0.717, 1.165) is 47.6 Å². The molecule has 1 amide bonds. The number of benzene rings is 1. The van der Waals surface area contributed by atoms with Crippen molar-refractivity contribution in [3.63, 3.8) is 0 Å². The van der Waals surface area contributed by atoms with Gasteiger partial charge < -0.3 is 20.4 Å². The van der Waals surface area contributed by atoms with Gasteiger partial charge >= 0.3 is 0 Å². The number of thiophene rings is 1. The number of aromatic nitrogens is 2. The van der Waals surface area contributed by atoms with Gasteiger partial charge in [0.05, 0.1) is 5.39 Å². The van der Waals surface area contributed by atoms with Crippen LogP contribution < -0.4 is 15.5 Å². The maximum absolute atomic E-state index is 11.8. The monoisotopic (exact) mass is 408 g/mol. The predicted molar refractivity (Wildman–Crippen MR) is 120 cm³/mol. The molecule has 0 atom stereocenters. The maximum atomic E-state index is 11.8. The third kappa shape index (κ3) is 4.23. The van der Waals surface area contributed by atoms with Crippen LogP contribution in [0.3, 0.4) is 0 Å². The number of amides is 1. The zero-order valence-electron chi connectivity index (χ0n) is 16.6. The third-order valence-electron chi connectivity index (χ3n) is 5.04. The molecule has 0 saturated carbocycles. The van der Waals surface area contributed by atoms with Crippen LogP contribution in [0.2, 0.25) is 0 Å². The van der Waals surface area contributed by atoms with Gasteiger partial charge in [0.2, 0.25) is 11.9 Å². The molecule has 2 N–H and O–H groups in total. The molecule has 2 aromatic heterocycles. The number of likely N-dealkylation sites (N-methyl/N-ethyl adjacent to an activating group) is 1. The largest absolute Gasteiger partial charge is 0.369 e. The maximum Gasteiger partial charge on any atom is 0.248 e. The van der Waals surface area contributed by atoms with E-state index in [1.807, 2.05) is 24.4 Å². The summed E-state index contributed by atoms with van der Waals surface area (Å²) in [4.78, 5) is 26.5. The highest BCUT2D eigenvalue weighted by atomic mass is 32.1. The fourth-order valence-corrected chi connectivity index (χ4v) is 4.27. The van der Waals surface area contributed by atoms with Crippen molar-refractivity contribution in [1.29, 1.82) is 0 Å². The van der Waals surface area contributed by atoms with Crippen LogP contribution >= 0.6 is 11.3 Å². The Morgan fingerprint density at radius 1 is 1.17 bits per heavy atom. The first-order valence-corrected chi connectivity index (χ1v) is 10.4. The first-order chi connectivity index (χ1) is 14.0. The van der Waals surface area contributed by atoms with Gasteiger partial charge in [0.15, 0.2) is 0 Å². The smallest absolute Gasteiger partial charge is 0.248 e. The summed E-state index contributed by atoms with van der Waals surface area (Å²) >= 11 is 1.53. The van der Waals surface area contributed by atoms with Crippen LogP contribution in [-0.4, -0.2) is 54.0 Å². The minimum absolute atomic E-state index is 0.293. The van der Waals surface area contributed by atoms with Gasteiger partial charge in [0.1, 0.15) is 10.6 Å². The lowest BCUT2D eigenvalue weighted by atomic mass is 10.2. The predicted octanol–water partition coefficient (Wildman–Crippen LogP) is 3.62. The second kappa shape index (κ2) is 8.18. The van der Waals surface area contributed by atoms with E-state index < -0.39 is 0 Å². The average molecular weight is 409 g/mol. The second-order valence-corrected chi connectivity index (χ2v) is 8.01. The molecule has 0 spiro atoms. The van der Waals surface area contributed by atoms with E-state index in [1.54, 1.807) is 0 Å². The summed E-state index contributed by atoms with van der Waals surface area (Å²) in [6, 6.07) is 8.29. The van der Waals surface area contributed by atoms with Crippen LogP contribution in [0.1, 0.15) is 5.56 Å². The summed E-state index contributed by atoms with van der Waals surface area (Å²) in [5.74, 6) is 0.652. The molecule has 0 aliphatic carbocycles. The Balaban J connectivity index is 1.56. The molecular weight excluding hydrogens is 384 g/mol. The van der Waals surface area contributed by atoms with Gasteiger partial charge in [-0.2, -0.15) is 4.98 Å². The van der Waals surface area contributed by atoms with Crippen molar-refractivity contribution in [3.8, 4) is 0 Å². The lowest BCUT2D eigenvalue weighted by molar-refractivity contribution is -0.111. The van der Waals surface area contributed by atoms with Crippen molar-refractivity contribution >= 4 is 50.6 Å². The number of hydrogen-bond donors (Lipinski definition) is 2. The molecule has 0 unspecified atom stereocenters. The highest BCUT2D eigenvalue weighted by Gasteiger charge is 2.15. The Labute approximate surface area is 174 Å². The molecule has 1 saturated heterocycles. The molecule has 4 rings (SSSR count). The van der Waals surface area contributed by atoms with Gasteiger partial charge in [-0.15, -0.1) is 11.3 Å². The van der Waals surface area contributed by atoms with E-state index in [9.17, 15) is 4.79 Å². The number of nitrogens with one attached hydrogen (secondary N) is 2. The molecule has 3 heterocycles. The SMILES string of the molecule is C=CC(=O)Nc1nc(Nc2ccc(N3CCN(C)CC3)cc2)nc2scc(C)c12. The Morgan fingerprint density at radius 3 is 2.59 bits per heavy atom. The normalized spacial score (nSPS) is 14.8. The Kier molecular flexibility index (Phi) is 5.46. The molecule has 7 nitrogen and oxygen atoms in total. The molecule has 1 fully saturated rings. The number of carbonyl (C=O) groups excluding carboxylic acids is 1.